The van der Waals surface area contributed by atoms with Crippen LogP contribution in [0.25, 0.3) is 0 Å². The van der Waals surface area contributed by atoms with Crippen molar-refractivity contribution in [2.24, 2.45) is 0 Å². The molecule has 2 amide bonds. The fourth-order valence-electron chi connectivity index (χ4n) is 3.10. The van der Waals surface area contributed by atoms with Gasteiger partial charge in [0.2, 0.25) is 0 Å². The minimum atomic E-state index is -0.394. The molecule has 0 radical (unpaired) electrons. The van der Waals surface area contributed by atoms with Crippen molar-refractivity contribution < 1.29 is 14.3 Å². The van der Waals surface area contributed by atoms with E-state index in [0.29, 0.717) is 24.4 Å². The van der Waals surface area contributed by atoms with Crippen LogP contribution in [-0.4, -0.2) is 50.1 Å². The Balaban J connectivity index is 1.60. The van der Waals surface area contributed by atoms with Gasteiger partial charge >= 0.3 is 0 Å². The number of carbonyl (C=O) groups is 2. The molecule has 7 heteroatoms. The van der Waals surface area contributed by atoms with Crippen LogP contribution in [0.5, 0.6) is 0 Å². The first-order chi connectivity index (χ1) is 13.0. The molecular weight excluding hydrogens is 362 g/mol. The molecule has 3 rings (SSSR count). The molecular formula is C20H25N3O3S. The fourth-order valence-corrected chi connectivity index (χ4v) is 3.81. The Morgan fingerprint density at radius 2 is 2.19 bits per heavy atom. The lowest BCUT2D eigenvalue weighted by atomic mass is 10.1. The SMILES string of the molecule is CN(C)C(CNC(=O)c1cccc(NC(=O)C2CCCO2)c1)c1ccsc1. The highest BCUT2D eigenvalue weighted by atomic mass is 32.1. The molecule has 2 aromatic rings. The molecule has 0 spiro atoms. The van der Waals surface area contributed by atoms with Gasteiger partial charge in [-0.3, -0.25) is 9.59 Å². The number of anilines is 1. The Hall–Kier alpha value is -2.22. The number of likely N-dealkylation sites (N-methyl/N-ethyl adjacent to an activating group) is 1. The number of rotatable bonds is 7. The van der Waals surface area contributed by atoms with Crippen LogP contribution in [0.3, 0.4) is 0 Å². The van der Waals surface area contributed by atoms with Crippen molar-refractivity contribution in [1.29, 1.82) is 0 Å². The molecule has 2 heterocycles. The number of hydrogen-bond donors (Lipinski definition) is 2. The maximum Gasteiger partial charge on any atom is 0.253 e. The summed E-state index contributed by atoms with van der Waals surface area (Å²) in [6.07, 6.45) is 1.24. The highest BCUT2D eigenvalue weighted by molar-refractivity contribution is 7.07. The summed E-state index contributed by atoms with van der Waals surface area (Å²) in [5.41, 5.74) is 2.30. The molecule has 1 aliphatic rings. The minimum Gasteiger partial charge on any atom is -0.368 e. The van der Waals surface area contributed by atoms with Gasteiger partial charge in [-0.25, -0.2) is 0 Å². The highest BCUT2D eigenvalue weighted by Crippen LogP contribution is 2.20. The van der Waals surface area contributed by atoms with Crippen LogP contribution in [0.2, 0.25) is 0 Å². The van der Waals surface area contributed by atoms with Gasteiger partial charge < -0.3 is 20.3 Å². The van der Waals surface area contributed by atoms with Gasteiger partial charge in [-0.15, -0.1) is 0 Å². The third-order valence-corrected chi connectivity index (χ3v) is 5.32. The normalized spacial score (nSPS) is 17.7. The van der Waals surface area contributed by atoms with Crippen LogP contribution in [0.1, 0.15) is 34.8 Å². The van der Waals surface area contributed by atoms with Crippen molar-refractivity contribution in [3.05, 3.63) is 52.2 Å². The first-order valence-electron chi connectivity index (χ1n) is 9.04. The van der Waals surface area contributed by atoms with E-state index in [-0.39, 0.29) is 17.9 Å². The molecule has 0 bridgehead atoms. The van der Waals surface area contributed by atoms with Crippen molar-refractivity contribution >= 4 is 28.8 Å². The predicted octanol–water partition coefficient (Wildman–Crippen LogP) is 2.90. The van der Waals surface area contributed by atoms with Gasteiger partial charge in [0.25, 0.3) is 11.8 Å². The van der Waals surface area contributed by atoms with Gasteiger partial charge in [-0.05, 0) is 67.5 Å². The summed E-state index contributed by atoms with van der Waals surface area (Å²) in [5, 5.41) is 9.96. The number of benzene rings is 1. The average Bonchev–Trinajstić information content (AvgIpc) is 3.36. The molecule has 1 aromatic carbocycles. The van der Waals surface area contributed by atoms with Crippen LogP contribution >= 0.6 is 11.3 Å². The standard InChI is InChI=1S/C20H25N3O3S/c1-23(2)17(15-8-10-27-13-15)12-21-19(24)14-5-3-6-16(11-14)22-20(25)18-7-4-9-26-18/h3,5-6,8,10-11,13,17-18H,4,7,9,12H2,1-2H3,(H,21,24)(H,22,25). The lowest BCUT2D eigenvalue weighted by molar-refractivity contribution is -0.124. The van der Waals surface area contributed by atoms with Gasteiger partial charge in [-0.1, -0.05) is 6.07 Å². The zero-order chi connectivity index (χ0) is 19.2. The maximum absolute atomic E-state index is 12.6. The molecule has 2 unspecified atom stereocenters. The predicted molar refractivity (Wildman–Crippen MR) is 107 cm³/mol. The van der Waals surface area contributed by atoms with E-state index in [0.717, 1.165) is 12.8 Å². The highest BCUT2D eigenvalue weighted by Gasteiger charge is 2.23. The molecule has 6 nitrogen and oxygen atoms in total. The molecule has 2 N–H and O–H groups in total. The second-order valence-corrected chi connectivity index (χ2v) is 7.60. The van der Waals surface area contributed by atoms with E-state index in [1.807, 2.05) is 19.5 Å². The second-order valence-electron chi connectivity index (χ2n) is 6.82. The van der Waals surface area contributed by atoms with Gasteiger partial charge in [0.1, 0.15) is 6.10 Å². The van der Waals surface area contributed by atoms with Crippen LogP contribution < -0.4 is 10.6 Å². The molecule has 144 valence electrons. The molecule has 0 saturated carbocycles. The first kappa shape index (κ1) is 19.5. The quantitative estimate of drug-likeness (QED) is 0.766. The average molecular weight is 388 g/mol. The van der Waals surface area contributed by atoms with Crippen LogP contribution in [0, 0.1) is 0 Å². The third kappa shape index (κ3) is 5.15. The zero-order valence-corrected chi connectivity index (χ0v) is 16.4. The molecule has 1 aromatic heterocycles. The monoisotopic (exact) mass is 387 g/mol. The summed E-state index contributed by atoms with van der Waals surface area (Å²) in [4.78, 5) is 26.8. The van der Waals surface area contributed by atoms with Crippen molar-refractivity contribution in [2.75, 3.05) is 32.6 Å². The summed E-state index contributed by atoms with van der Waals surface area (Å²) in [6, 6.07) is 9.16. The Kier molecular flexibility index (Phi) is 6.60. The van der Waals surface area contributed by atoms with Crippen LogP contribution in [0.4, 0.5) is 5.69 Å². The lowest BCUT2D eigenvalue weighted by Gasteiger charge is -2.24. The lowest BCUT2D eigenvalue weighted by Crippen LogP contribution is -2.34. The summed E-state index contributed by atoms with van der Waals surface area (Å²) in [7, 11) is 3.99. The van der Waals surface area contributed by atoms with Gasteiger partial charge in [0.15, 0.2) is 0 Å². The van der Waals surface area contributed by atoms with Crippen molar-refractivity contribution in [3.8, 4) is 0 Å². The Morgan fingerprint density at radius 3 is 2.85 bits per heavy atom. The molecule has 1 saturated heterocycles. The molecule has 27 heavy (non-hydrogen) atoms. The smallest absolute Gasteiger partial charge is 0.253 e. The fraction of sp³-hybridized carbons (Fsp3) is 0.400. The van der Waals surface area contributed by atoms with Crippen molar-refractivity contribution in [1.82, 2.24) is 10.2 Å². The number of hydrogen-bond acceptors (Lipinski definition) is 5. The number of carbonyl (C=O) groups excluding carboxylic acids is 2. The van der Waals surface area contributed by atoms with Gasteiger partial charge in [0, 0.05) is 24.4 Å². The second kappa shape index (κ2) is 9.12. The van der Waals surface area contributed by atoms with E-state index in [2.05, 4.69) is 27.0 Å². The minimum absolute atomic E-state index is 0.114. The first-order valence-corrected chi connectivity index (χ1v) is 9.98. The Bertz CT molecular complexity index is 771. The van der Waals surface area contributed by atoms with Crippen LogP contribution in [-0.2, 0) is 9.53 Å². The van der Waals surface area contributed by atoms with E-state index in [1.54, 1.807) is 35.6 Å². The Morgan fingerprint density at radius 1 is 1.33 bits per heavy atom. The van der Waals surface area contributed by atoms with E-state index in [1.165, 1.54) is 5.56 Å². The molecule has 2 atom stereocenters. The Labute approximate surface area is 163 Å². The topological polar surface area (TPSA) is 70.7 Å². The maximum atomic E-state index is 12.6. The van der Waals surface area contributed by atoms with E-state index in [9.17, 15) is 9.59 Å². The van der Waals surface area contributed by atoms with Gasteiger partial charge in [-0.2, -0.15) is 11.3 Å². The molecule has 1 aliphatic heterocycles. The summed E-state index contributed by atoms with van der Waals surface area (Å²) < 4.78 is 5.39. The van der Waals surface area contributed by atoms with Crippen molar-refractivity contribution in [2.45, 2.75) is 25.0 Å². The molecule has 0 aliphatic carbocycles. The number of ether oxygens (including phenoxy) is 1. The summed E-state index contributed by atoms with van der Waals surface area (Å²) in [5.74, 6) is -0.319. The van der Waals surface area contributed by atoms with Crippen LogP contribution in [0.15, 0.2) is 41.1 Å². The summed E-state index contributed by atoms with van der Waals surface area (Å²) >= 11 is 1.64. The van der Waals surface area contributed by atoms with Gasteiger partial charge in [0.05, 0.1) is 6.04 Å². The van der Waals surface area contributed by atoms with Crippen molar-refractivity contribution in [3.63, 3.8) is 0 Å². The third-order valence-electron chi connectivity index (χ3n) is 4.62. The van der Waals surface area contributed by atoms with E-state index < -0.39 is 6.10 Å². The summed E-state index contributed by atoms with van der Waals surface area (Å²) in [6.45, 7) is 1.13. The zero-order valence-electron chi connectivity index (χ0n) is 15.6. The number of nitrogens with one attached hydrogen (secondary N) is 2. The number of amides is 2. The molecule has 1 fully saturated rings. The number of nitrogens with zero attached hydrogens (tertiary/aromatic N) is 1. The number of thiophene rings is 1. The largest absolute Gasteiger partial charge is 0.368 e. The van der Waals surface area contributed by atoms with E-state index in [4.69, 9.17) is 4.74 Å². The van der Waals surface area contributed by atoms with E-state index >= 15 is 0 Å².